The van der Waals surface area contributed by atoms with Crippen LogP contribution < -0.4 is 9.04 Å². The van der Waals surface area contributed by atoms with E-state index in [2.05, 4.69) is 0 Å². The molecule has 0 aliphatic heterocycles. The van der Waals surface area contributed by atoms with Gasteiger partial charge in [0.15, 0.2) is 0 Å². The molecule has 0 radical (unpaired) electrons. The van der Waals surface area contributed by atoms with Gasteiger partial charge in [0, 0.05) is 6.07 Å². The largest absolute Gasteiger partial charge is 0.497 e. The lowest BCUT2D eigenvalue weighted by Gasteiger charge is -2.28. The molecular weight excluding hydrogens is 270 g/mol. The lowest BCUT2D eigenvalue weighted by molar-refractivity contribution is -0.138. The summed E-state index contributed by atoms with van der Waals surface area (Å²) in [5, 5.41) is 9.16. The van der Waals surface area contributed by atoms with Crippen LogP contribution in [0.1, 0.15) is 13.3 Å². The van der Waals surface area contributed by atoms with Crippen LogP contribution in [0.2, 0.25) is 0 Å². The Morgan fingerprint density at radius 3 is 2.53 bits per heavy atom. The fourth-order valence-corrected chi connectivity index (χ4v) is 2.99. The summed E-state index contributed by atoms with van der Waals surface area (Å²) in [6.45, 7) is 1.62. The molecule has 1 atom stereocenters. The molecular formula is C12H17NO5S. The predicted molar refractivity (Wildman–Crippen MR) is 72.0 cm³/mol. The number of methoxy groups -OCH3 is 1. The van der Waals surface area contributed by atoms with Crippen molar-refractivity contribution in [2.45, 2.75) is 19.4 Å². The minimum atomic E-state index is -3.70. The summed E-state index contributed by atoms with van der Waals surface area (Å²) in [7, 11) is -2.25. The maximum absolute atomic E-state index is 11.9. The Kier molecular flexibility index (Phi) is 4.77. The summed E-state index contributed by atoms with van der Waals surface area (Å²) < 4.78 is 29.6. The van der Waals surface area contributed by atoms with Gasteiger partial charge in [0.2, 0.25) is 10.0 Å². The van der Waals surface area contributed by atoms with Gasteiger partial charge in [-0.2, -0.15) is 0 Å². The third kappa shape index (κ3) is 3.60. The van der Waals surface area contributed by atoms with Gasteiger partial charge in [0.25, 0.3) is 0 Å². The summed E-state index contributed by atoms with van der Waals surface area (Å²) in [5.74, 6) is -0.720. The Bertz CT molecular complexity index is 555. The summed E-state index contributed by atoms with van der Waals surface area (Å²) in [6.07, 6.45) is 1.15. The van der Waals surface area contributed by atoms with E-state index < -0.39 is 22.0 Å². The molecule has 6 nitrogen and oxygen atoms in total. The summed E-state index contributed by atoms with van der Waals surface area (Å²) in [5.41, 5.74) is 0.274. The highest BCUT2D eigenvalue weighted by Crippen LogP contribution is 2.26. The molecule has 106 valence electrons. The molecule has 0 fully saturated rings. The molecule has 1 aromatic carbocycles. The average molecular weight is 287 g/mol. The highest BCUT2D eigenvalue weighted by molar-refractivity contribution is 7.92. The van der Waals surface area contributed by atoms with Crippen LogP contribution in [0.3, 0.4) is 0 Å². The van der Waals surface area contributed by atoms with Crippen LogP contribution in [0.15, 0.2) is 24.3 Å². The van der Waals surface area contributed by atoms with Crippen LogP contribution >= 0.6 is 0 Å². The van der Waals surface area contributed by atoms with Crippen LogP contribution in [0.4, 0.5) is 5.69 Å². The van der Waals surface area contributed by atoms with Gasteiger partial charge in [-0.05, 0) is 18.6 Å². The monoisotopic (exact) mass is 287 g/mol. The second-order valence-corrected chi connectivity index (χ2v) is 5.88. The van der Waals surface area contributed by atoms with Crippen LogP contribution in [-0.2, 0) is 14.8 Å². The van der Waals surface area contributed by atoms with Crippen molar-refractivity contribution in [3.63, 3.8) is 0 Å². The number of aliphatic carboxylic acids is 1. The molecule has 0 saturated heterocycles. The highest BCUT2D eigenvalue weighted by atomic mass is 32.2. The Labute approximate surface area is 112 Å². The quantitative estimate of drug-likeness (QED) is 0.853. The second-order valence-electron chi connectivity index (χ2n) is 4.02. The van der Waals surface area contributed by atoms with Crippen molar-refractivity contribution in [2.24, 2.45) is 0 Å². The predicted octanol–water partition coefficient (Wildman–Crippen LogP) is 1.32. The van der Waals surface area contributed by atoms with Gasteiger partial charge in [-0.3, -0.25) is 4.31 Å². The Morgan fingerprint density at radius 2 is 2.11 bits per heavy atom. The fraction of sp³-hybridized carbons (Fsp3) is 0.417. The first-order chi connectivity index (χ1) is 8.81. The van der Waals surface area contributed by atoms with Crippen LogP contribution in [0.25, 0.3) is 0 Å². The number of carboxylic acids is 1. The lowest BCUT2D eigenvalue weighted by Crippen LogP contribution is -2.44. The molecule has 0 unspecified atom stereocenters. The number of ether oxygens (including phenoxy) is 1. The minimum Gasteiger partial charge on any atom is -0.497 e. The first-order valence-corrected chi connectivity index (χ1v) is 7.52. The maximum Gasteiger partial charge on any atom is 0.327 e. The minimum absolute atomic E-state index is 0.166. The molecule has 0 spiro atoms. The van der Waals surface area contributed by atoms with E-state index in [-0.39, 0.29) is 12.1 Å². The standard InChI is InChI=1S/C12H17NO5S/c1-4-11(12(14)15)13(19(3,16)17)9-6-5-7-10(8-9)18-2/h5-8,11H,4H2,1-3H3,(H,14,15)/t11-/m0/s1. The molecule has 1 aromatic rings. The third-order valence-electron chi connectivity index (χ3n) is 2.62. The molecule has 0 saturated carbocycles. The number of hydrogen-bond acceptors (Lipinski definition) is 4. The third-order valence-corrected chi connectivity index (χ3v) is 3.80. The molecule has 0 aromatic heterocycles. The van der Waals surface area contributed by atoms with Gasteiger partial charge in [-0.15, -0.1) is 0 Å². The molecule has 0 aliphatic carbocycles. The van der Waals surface area contributed by atoms with Crippen molar-refractivity contribution in [1.82, 2.24) is 0 Å². The number of hydrogen-bond donors (Lipinski definition) is 1. The van der Waals surface area contributed by atoms with Gasteiger partial charge >= 0.3 is 5.97 Å². The van der Waals surface area contributed by atoms with Crippen molar-refractivity contribution in [1.29, 1.82) is 0 Å². The van der Waals surface area contributed by atoms with Crippen molar-refractivity contribution < 1.29 is 23.1 Å². The van der Waals surface area contributed by atoms with E-state index in [9.17, 15) is 13.2 Å². The second kappa shape index (κ2) is 5.92. The number of rotatable bonds is 6. The lowest BCUT2D eigenvalue weighted by atomic mass is 10.2. The van der Waals surface area contributed by atoms with E-state index >= 15 is 0 Å². The number of anilines is 1. The molecule has 0 amide bonds. The topological polar surface area (TPSA) is 83.9 Å². The number of carbonyl (C=O) groups is 1. The fourth-order valence-electron chi connectivity index (χ4n) is 1.79. The van der Waals surface area contributed by atoms with Crippen LogP contribution in [0.5, 0.6) is 5.75 Å². The Morgan fingerprint density at radius 1 is 1.47 bits per heavy atom. The van der Waals surface area contributed by atoms with Gasteiger partial charge in [0.05, 0.1) is 19.1 Å². The van der Waals surface area contributed by atoms with Crippen molar-refractivity contribution in [3.05, 3.63) is 24.3 Å². The van der Waals surface area contributed by atoms with E-state index in [1.807, 2.05) is 0 Å². The zero-order chi connectivity index (χ0) is 14.6. The van der Waals surface area contributed by atoms with E-state index in [1.165, 1.54) is 19.2 Å². The smallest absolute Gasteiger partial charge is 0.327 e. The summed E-state index contributed by atoms with van der Waals surface area (Å²) in [4.78, 5) is 11.2. The van der Waals surface area contributed by atoms with Crippen molar-refractivity contribution >= 4 is 21.7 Å². The van der Waals surface area contributed by atoms with E-state index in [0.29, 0.717) is 5.75 Å². The molecule has 7 heteroatoms. The molecule has 1 rings (SSSR count). The van der Waals surface area contributed by atoms with Gasteiger partial charge in [-0.1, -0.05) is 13.0 Å². The zero-order valence-electron chi connectivity index (χ0n) is 11.0. The summed E-state index contributed by atoms with van der Waals surface area (Å²) in [6, 6.07) is 5.16. The number of carboxylic acid groups (broad SMARTS) is 1. The molecule has 0 heterocycles. The Hall–Kier alpha value is -1.76. The molecule has 1 N–H and O–H groups in total. The van der Waals surface area contributed by atoms with Gasteiger partial charge < -0.3 is 9.84 Å². The average Bonchev–Trinajstić information content (AvgIpc) is 2.33. The van der Waals surface area contributed by atoms with Gasteiger partial charge in [-0.25, -0.2) is 13.2 Å². The molecule has 19 heavy (non-hydrogen) atoms. The summed E-state index contributed by atoms with van der Waals surface area (Å²) >= 11 is 0. The van der Waals surface area contributed by atoms with Crippen LogP contribution in [0, 0.1) is 0 Å². The normalized spacial score (nSPS) is 12.8. The van der Waals surface area contributed by atoms with E-state index in [4.69, 9.17) is 9.84 Å². The number of sulfonamides is 1. The first kappa shape index (κ1) is 15.3. The molecule has 0 bridgehead atoms. The Balaban J connectivity index is 3.35. The maximum atomic E-state index is 11.9. The van der Waals surface area contributed by atoms with Crippen LogP contribution in [-0.4, -0.2) is 38.9 Å². The first-order valence-electron chi connectivity index (χ1n) is 5.67. The SMILES string of the molecule is CC[C@@H](C(=O)O)N(c1cccc(OC)c1)S(C)(=O)=O. The number of benzene rings is 1. The number of nitrogens with zero attached hydrogens (tertiary/aromatic N) is 1. The zero-order valence-corrected chi connectivity index (χ0v) is 11.8. The van der Waals surface area contributed by atoms with E-state index in [0.717, 1.165) is 10.6 Å². The van der Waals surface area contributed by atoms with Crippen molar-refractivity contribution in [2.75, 3.05) is 17.7 Å². The van der Waals surface area contributed by atoms with Crippen molar-refractivity contribution in [3.8, 4) is 5.75 Å². The van der Waals surface area contributed by atoms with E-state index in [1.54, 1.807) is 19.1 Å². The molecule has 0 aliphatic rings. The highest BCUT2D eigenvalue weighted by Gasteiger charge is 2.31. The van der Waals surface area contributed by atoms with Gasteiger partial charge in [0.1, 0.15) is 11.8 Å².